The molecule has 0 bridgehead atoms. The smallest absolute Gasteiger partial charge is 0.422 e. The van der Waals surface area contributed by atoms with Crippen molar-refractivity contribution in [2.75, 3.05) is 13.7 Å². The topological polar surface area (TPSA) is 31.4 Å². The van der Waals surface area contributed by atoms with Crippen LogP contribution in [0.15, 0.2) is 48.5 Å². The zero-order chi connectivity index (χ0) is 18.0. The van der Waals surface area contributed by atoms with Crippen LogP contribution in [-0.2, 0) is 0 Å². The molecule has 0 aliphatic carbocycles. The number of halogens is 4. The first kappa shape index (κ1) is 17.0. The summed E-state index contributed by atoms with van der Waals surface area (Å²) in [7, 11) is 1.45. The molecular formula is C18H13F4NO2. The molecule has 0 unspecified atom stereocenters. The molecule has 3 nitrogen and oxygen atoms in total. The summed E-state index contributed by atoms with van der Waals surface area (Å²) in [6, 6.07) is 12.1. The highest BCUT2D eigenvalue weighted by Gasteiger charge is 2.28. The molecule has 0 N–H and O–H groups in total. The second-order valence-electron chi connectivity index (χ2n) is 5.30. The molecule has 1 aromatic heterocycles. The van der Waals surface area contributed by atoms with Crippen molar-refractivity contribution in [2.24, 2.45) is 0 Å². The van der Waals surface area contributed by atoms with Gasteiger partial charge in [-0.2, -0.15) is 13.2 Å². The minimum atomic E-state index is -4.40. The fourth-order valence-corrected chi connectivity index (χ4v) is 2.34. The van der Waals surface area contributed by atoms with Gasteiger partial charge in [0.25, 0.3) is 0 Å². The van der Waals surface area contributed by atoms with E-state index in [0.717, 1.165) is 0 Å². The Bertz CT molecular complexity index is 909. The number of rotatable bonds is 4. The maximum Gasteiger partial charge on any atom is 0.422 e. The van der Waals surface area contributed by atoms with Crippen molar-refractivity contribution in [3.63, 3.8) is 0 Å². The van der Waals surface area contributed by atoms with Gasteiger partial charge < -0.3 is 9.47 Å². The molecule has 0 atom stereocenters. The summed E-state index contributed by atoms with van der Waals surface area (Å²) < 4.78 is 60.4. The third kappa shape index (κ3) is 3.99. The SMILES string of the molecule is COc1ccc(-c2ccc3cc(OCC(F)(F)F)ccc3n2)c(F)c1. The molecule has 0 radical (unpaired) electrons. The van der Waals surface area contributed by atoms with E-state index >= 15 is 0 Å². The fourth-order valence-electron chi connectivity index (χ4n) is 2.34. The van der Waals surface area contributed by atoms with Crippen LogP contribution in [0, 0.1) is 5.82 Å². The number of fused-ring (bicyclic) bond motifs is 1. The molecule has 0 saturated carbocycles. The number of methoxy groups -OCH3 is 1. The van der Waals surface area contributed by atoms with Crippen LogP contribution in [0.2, 0.25) is 0 Å². The third-order valence-electron chi connectivity index (χ3n) is 3.52. The van der Waals surface area contributed by atoms with Crippen LogP contribution in [0.5, 0.6) is 11.5 Å². The second-order valence-corrected chi connectivity index (χ2v) is 5.30. The van der Waals surface area contributed by atoms with Gasteiger partial charge in [-0.25, -0.2) is 9.37 Å². The van der Waals surface area contributed by atoms with Gasteiger partial charge in [-0.05, 0) is 36.4 Å². The van der Waals surface area contributed by atoms with E-state index in [1.54, 1.807) is 24.3 Å². The molecule has 3 rings (SSSR count). The van der Waals surface area contributed by atoms with E-state index in [1.807, 2.05) is 0 Å². The average molecular weight is 351 g/mol. The van der Waals surface area contributed by atoms with Crippen molar-refractivity contribution >= 4 is 10.9 Å². The summed E-state index contributed by atoms with van der Waals surface area (Å²) in [5, 5.41) is 0.595. The average Bonchev–Trinajstić information content (AvgIpc) is 2.58. The molecular weight excluding hydrogens is 338 g/mol. The van der Waals surface area contributed by atoms with E-state index in [2.05, 4.69) is 4.98 Å². The van der Waals surface area contributed by atoms with Gasteiger partial charge in [0.1, 0.15) is 17.3 Å². The van der Waals surface area contributed by atoms with E-state index in [9.17, 15) is 17.6 Å². The zero-order valence-corrected chi connectivity index (χ0v) is 13.1. The van der Waals surface area contributed by atoms with Crippen molar-refractivity contribution in [2.45, 2.75) is 6.18 Å². The Labute approximate surface area is 140 Å². The summed E-state index contributed by atoms with van der Waals surface area (Å²) in [4.78, 5) is 4.35. The Morgan fingerprint density at radius 3 is 2.40 bits per heavy atom. The first-order valence-corrected chi connectivity index (χ1v) is 7.30. The van der Waals surface area contributed by atoms with E-state index < -0.39 is 18.6 Å². The highest BCUT2D eigenvalue weighted by molar-refractivity contribution is 5.83. The minimum Gasteiger partial charge on any atom is -0.497 e. The molecule has 7 heteroatoms. The predicted octanol–water partition coefficient (Wildman–Crippen LogP) is 4.99. The summed E-state index contributed by atoms with van der Waals surface area (Å²) in [6.45, 7) is -1.36. The molecule has 0 spiro atoms. The predicted molar refractivity (Wildman–Crippen MR) is 85.2 cm³/mol. The first-order chi connectivity index (χ1) is 11.9. The van der Waals surface area contributed by atoms with Gasteiger partial charge in [-0.3, -0.25) is 0 Å². The maximum atomic E-state index is 14.2. The number of aromatic nitrogens is 1. The minimum absolute atomic E-state index is 0.0926. The van der Waals surface area contributed by atoms with Crippen LogP contribution < -0.4 is 9.47 Å². The largest absolute Gasteiger partial charge is 0.497 e. The zero-order valence-electron chi connectivity index (χ0n) is 13.1. The van der Waals surface area contributed by atoms with Gasteiger partial charge in [-0.1, -0.05) is 6.07 Å². The summed E-state index contributed by atoms with van der Waals surface area (Å²) in [5.41, 5.74) is 1.24. The Kier molecular flexibility index (Phi) is 4.48. The maximum absolute atomic E-state index is 14.2. The van der Waals surface area contributed by atoms with Gasteiger partial charge in [0.2, 0.25) is 0 Å². The van der Waals surface area contributed by atoms with Gasteiger partial charge in [0.05, 0.1) is 18.3 Å². The molecule has 0 amide bonds. The van der Waals surface area contributed by atoms with E-state index in [-0.39, 0.29) is 5.75 Å². The summed E-state index contributed by atoms with van der Waals surface area (Å²) in [5.74, 6) is 0.0137. The van der Waals surface area contributed by atoms with Crippen LogP contribution in [0.3, 0.4) is 0 Å². The standard InChI is InChI=1S/C18H13F4NO2/c1-24-12-3-5-14(15(19)9-12)17-6-2-11-8-13(4-7-16(11)23-17)25-10-18(20,21)22/h2-9H,10H2,1H3. The molecule has 0 saturated heterocycles. The Morgan fingerprint density at radius 1 is 0.960 bits per heavy atom. The number of pyridine rings is 1. The van der Waals surface area contributed by atoms with E-state index in [0.29, 0.717) is 27.9 Å². The number of hydrogen-bond donors (Lipinski definition) is 0. The lowest BCUT2D eigenvalue weighted by Crippen LogP contribution is -2.19. The number of benzene rings is 2. The van der Waals surface area contributed by atoms with Crippen molar-refractivity contribution in [3.8, 4) is 22.8 Å². The van der Waals surface area contributed by atoms with Crippen LogP contribution in [-0.4, -0.2) is 24.9 Å². The van der Waals surface area contributed by atoms with Crippen molar-refractivity contribution in [3.05, 3.63) is 54.3 Å². The van der Waals surface area contributed by atoms with Crippen LogP contribution in [0.4, 0.5) is 17.6 Å². The highest BCUT2D eigenvalue weighted by atomic mass is 19.4. The first-order valence-electron chi connectivity index (χ1n) is 7.30. The Balaban J connectivity index is 1.90. The molecule has 0 aliphatic heterocycles. The van der Waals surface area contributed by atoms with Crippen LogP contribution in [0.1, 0.15) is 0 Å². The lowest BCUT2D eigenvalue weighted by atomic mass is 10.1. The summed E-state index contributed by atoms with van der Waals surface area (Å²) in [6.07, 6.45) is -4.40. The molecule has 2 aromatic carbocycles. The monoisotopic (exact) mass is 351 g/mol. The highest BCUT2D eigenvalue weighted by Crippen LogP contribution is 2.28. The molecule has 130 valence electrons. The van der Waals surface area contributed by atoms with Gasteiger partial charge in [0.15, 0.2) is 6.61 Å². The quantitative estimate of drug-likeness (QED) is 0.621. The van der Waals surface area contributed by atoms with Gasteiger partial charge in [-0.15, -0.1) is 0 Å². The van der Waals surface area contributed by atoms with Crippen molar-refractivity contribution < 1.29 is 27.0 Å². The lowest BCUT2D eigenvalue weighted by Gasteiger charge is -2.10. The molecule has 0 aliphatic rings. The van der Waals surface area contributed by atoms with E-state index in [1.165, 1.54) is 31.4 Å². The van der Waals surface area contributed by atoms with Gasteiger partial charge in [0, 0.05) is 17.0 Å². The Hall–Kier alpha value is -2.83. The Morgan fingerprint density at radius 2 is 1.72 bits per heavy atom. The normalized spacial score (nSPS) is 11.6. The fraction of sp³-hybridized carbons (Fsp3) is 0.167. The van der Waals surface area contributed by atoms with Crippen molar-refractivity contribution in [1.82, 2.24) is 4.98 Å². The molecule has 1 heterocycles. The molecule has 25 heavy (non-hydrogen) atoms. The second kappa shape index (κ2) is 6.58. The third-order valence-corrected chi connectivity index (χ3v) is 3.52. The molecule has 0 fully saturated rings. The van der Waals surface area contributed by atoms with Crippen LogP contribution in [0.25, 0.3) is 22.2 Å². The summed E-state index contributed by atoms with van der Waals surface area (Å²) >= 11 is 0. The lowest BCUT2D eigenvalue weighted by molar-refractivity contribution is -0.153. The van der Waals surface area contributed by atoms with Crippen molar-refractivity contribution in [1.29, 1.82) is 0 Å². The number of ether oxygens (including phenoxy) is 2. The number of hydrogen-bond acceptors (Lipinski definition) is 3. The molecule has 3 aromatic rings. The number of alkyl halides is 3. The number of nitrogens with zero attached hydrogens (tertiary/aromatic N) is 1. The van der Waals surface area contributed by atoms with E-state index in [4.69, 9.17) is 9.47 Å². The van der Waals surface area contributed by atoms with Crippen LogP contribution >= 0.6 is 0 Å². The van der Waals surface area contributed by atoms with Gasteiger partial charge >= 0.3 is 6.18 Å².